The molecule has 1 saturated heterocycles. The van der Waals surface area contributed by atoms with Crippen LogP contribution in [0.3, 0.4) is 0 Å². The summed E-state index contributed by atoms with van der Waals surface area (Å²) in [6, 6.07) is 2.55. The van der Waals surface area contributed by atoms with Crippen LogP contribution in [0.25, 0.3) is 5.52 Å². The summed E-state index contributed by atoms with van der Waals surface area (Å²) >= 11 is 0. The zero-order valence-corrected chi connectivity index (χ0v) is 12.3. The van der Waals surface area contributed by atoms with E-state index in [1.165, 1.54) is 0 Å². The third-order valence-corrected chi connectivity index (χ3v) is 3.83. The van der Waals surface area contributed by atoms with Gasteiger partial charge in [0.25, 0.3) is 0 Å². The molecule has 0 bridgehead atoms. The van der Waals surface area contributed by atoms with Gasteiger partial charge >= 0.3 is 0 Å². The summed E-state index contributed by atoms with van der Waals surface area (Å²) in [4.78, 5) is 4.49. The highest BCUT2D eigenvalue weighted by atomic mass is 16.5. The van der Waals surface area contributed by atoms with Crippen molar-refractivity contribution in [3.63, 3.8) is 0 Å². The lowest BCUT2D eigenvalue weighted by Gasteiger charge is -2.28. The van der Waals surface area contributed by atoms with E-state index in [0.29, 0.717) is 18.1 Å². The van der Waals surface area contributed by atoms with Gasteiger partial charge in [0.1, 0.15) is 5.52 Å². The molecule has 2 aromatic heterocycles. The number of anilines is 1. The number of hydrogen-bond acceptors (Lipinski definition) is 4. The Hall–Kier alpha value is -1.62. The Kier molecular flexibility index (Phi) is 3.61. The molecule has 5 nitrogen and oxygen atoms in total. The quantitative estimate of drug-likeness (QED) is 0.935. The van der Waals surface area contributed by atoms with Crippen molar-refractivity contribution >= 4 is 11.3 Å². The third kappa shape index (κ3) is 2.63. The third-order valence-electron chi connectivity index (χ3n) is 3.83. The Morgan fingerprint density at radius 2 is 2.30 bits per heavy atom. The van der Waals surface area contributed by atoms with Gasteiger partial charge in [-0.2, -0.15) is 5.10 Å². The van der Waals surface area contributed by atoms with Gasteiger partial charge in [0.2, 0.25) is 0 Å². The van der Waals surface area contributed by atoms with E-state index in [4.69, 9.17) is 4.74 Å². The van der Waals surface area contributed by atoms with Crippen molar-refractivity contribution in [3.8, 4) is 0 Å². The Bertz CT molecular complexity index is 593. The molecule has 0 amide bonds. The van der Waals surface area contributed by atoms with Gasteiger partial charge in [-0.05, 0) is 31.7 Å². The molecule has 1 aliphatic rings. The fourth-order valence-electron chi connectivity index (χ4n) is 2.66. The molecule has 1 fully saturated rings. The molecule has 0 aliphatic carbocycles. The van der Waals surface area contributed by atoms with E-state index in [9.17, 15) is 0 Å². The Balaban J connectivity index is 1.87. The van der Waals surface area contributed by atoms with E-state index in [-0.39, 0.29) is 0 Å². The highest BCUT2D eigenvalue weighted by Gasteiger charge is 2.20. The summed E-state index contributed by atoms with van der Waals surface area (Å²) in [6.45, 7) is 7.25. The summed E-state index contributed by atoms with van der Waals surface area (Å²) in [5, 5.41) is 8.15. The van der Waals surface area contributed by atoms with Crippen LogP contribution in [0.4, 0.5) is 5.82 Å². The summed E-state index contributed by atoms with van der Waals surface area (Å²) in [5.41, 5.74) is 2.15. The van der Waals surface area contributed by atoms with Crippen LogP contribution >= 0.6 is 0 Å². The second-order valence-corrected chi connectivity index (χ2v) is 5.88. The van der Waals surface area contributed by atoms with Gasteiger partial charge in [-0.3, -0.25) is 0 Å². The average Bonchev–Trinajstić information content (AvgIpc) is 2.84. The number of ether oxygens (including phenoxy) is 1. The molecule has 2 unspecified atom stereocenters. The topological polar surface area (TPSA) is 51.5 Å². The van der Waals surface area contributed by atoms with Crippen LogP contribution in [0, 0.1) is 0 Å². The molecule has 3 heterocycles. The number of rotatable bonds is 3. The van der Waals surface area contributed by atoms with Crippen molar-refractivity contribution in [2.45, 2.75) is 51.7 Å². The largest absolute Gasteiger partial charge is 0.378 e. The monoisotopic (exact) mass is 274 g/mol. The molecule has 0 spiro atoms. The zero-order valence-electron chi connectivity index (χ0n) is 12.3. The van der Waals surface area contributed by atoms with Gasteiger partial charge in [0, 0.05) is 25.0 Å². The lowest BCUT2D eigenvalue weighted by Crippen LogP contribution is -2.32. The highest BCUT2D eigenvalue weighted by Crippen LogP contribution is 2.23. The van der Waals surface area contributed by atoms with Crippen LogP contribution in [0.1, 0.15) is 45.2 Å². The smallest absolute Gasteiger partial charge is 0.152 e. The van der Waals surface area contributed by atoms with Crippen LogP contribution in [0.15, 0.2) is 18.5 Å². The van der Waals surface area contributed by atoms with E-state index in [0.717, 1.165) is 36.5 Å². The number of fused-ring (bicyclic) bond motifs is 1. The van der Waals surface area contributed by atoms with Crippen LogP contribution in [-0.4, -0.2) is 33.4 Å². The normalized spacial score (nSPS) is 23.4. The molecule has 108 valence electrons. The fourth-order valence-corrected chi connectivity index (χ4v) is 2.66. The number of aromatic nitrogens is 3. The van der Waals surface area contributed by atoms with E-state index >= 15 is 0 Å². The minimum atomic E-state index is 0.317. The van der Waals surface area contributed by atoms with Crippen molar-refractivity contribution in [2.24, 2.45) is 0 Å². The summed E-state index contributed by atoms with van der Waals surface area (Å²) in [7, 11) is 0. The lowest BCUT2D eigenvalue weighted by atomic mass is 10.0. The molecule has 0 aromatic carbocycles. The molecule has 20 heavy (non-hydrogen) atoms. The minimum Gasteiger partial charge on any atom is -0.378 e. The molecular weight excluding hydrogens is 252 g/mol. The van der Waals surface area contributed by atoms with Crippen LogP contribution in [0.5, 0.6) is 0 Å². The van der Waals surface area contributed by atoms with Crippen molar-refractivity contribution < 1.29 is 4.74 Å². The van der Waals surface area contributed by atoms with Gasteiger partial charge in [0.15, 0.2) is 5.82 Å². The summed E-state index contributed by atoms with van der Waals surface area (Å²) in [6.07, 6.45) is 6.07. The van der Waals surface area contributed by atoms with E-state index in [2.05, 4.69) is 42.2 Å². The minimum absolute atomic E-state index is 0.317. The maximum Gasteiger partial charge on any atom is 0.152 e. The van der Waals surface area contributed by atoms with Crippen molar-refractivity contribution in [2.75, 3.05) is 11.9 Å². The number of nitrogens with zero attached hydrogens (tertiary/aromatic N) is 3. The van der Waals surface area contributed by atoms with Gasteiger partial charge < -0.3 is 10.1 Å². The van der Waals surface area contributed by atoms with E-state index in [1.807, 2.05) is 10.7 Å². The predicted molar refractivity (Wildman–Crippen MR) is 79.1 cm³/mol. The summed E-state index contributed by atoms with van der Waals surface area (Å²) in [5.74, 6) is 1.34. The predicted octanol–water partition coefficient (Wildman–Crippen LogP) is 2.83. The van der Waals surface area contributed by atoms with Crippen molar-refractivity contribution in [1.82, 2.24) is 14.6 Å². The first kappa shape index (κ1) is 13.4. The Morgan fingerprint density at radius 1 is 1.45 bits per heavy atom. The lowest BCUT2D eigenvalue weighted by molar-refractivity contribution is 0.0232. The Morgan fingerprint density at radius 3 is 3.05 bits per heavy atom. The van der Waals surface area contributed by atoms with E-state index in [1.54, 1.807) is 6.20 Å². The van der Waals surface area contributed by atoms with Crippen molar-refractivity contribution in [1.29, 1.82) is 0 Å². The molecule has 3 rings (SSSR count). The molecule has 2 atom stereocenters. The fraction of sp³-hybridized carbons (Fsp3) is 0.600. The van der Waals surface area contributed by atoms with Gasteiger partial charge in [-0.15, -0.1) is 0 Å². The summed E-state index contributed by atoms with van der Waals surface area (Å²) < 4.78 is 7.50. The second-order valence-electron chi connectivity index (χ2n) is 5.88. The highest BCUT2D eigenvalue weighted by molar-refractivity contribution is 5.68. The molecular formula is C15H22N4O. The number of hydrogen-bond donors (Lipinski definition) is 1. The SMILES string of the molecule is CC1CC(Nc2nccn3nc(C(C)C)cc23)CCO1. The van der Waals surface area contributed by atoms with Crippen molar-refractivity contribution in [3.05, 3.63) is 24.2 Å². The Labute approximate surface area is 119 Å². The van der Waals surface area contributed by atoms with Gasteiger partial charge in [0.05, 0.1) is 11.8 Å². The zero-order chi connectivity index (χ0) is 14.1. The van der Waals surface area contributed by atoms with E-state index < -0.39 is 0 Å². The van der Waals surface area contributed by atoms with Gasteiger partial charge in [-0.25, -0.2) is 9.50 Å². The van der Waals surface area contributed by atoms with Gasteiger partial charge in [-0.1, -0.05) is 13.8 Å². The molecule has 2 aromatic rings. The second kappa shape index (κ2) is 5.40. The number of nitrogens with one attached hydrogen (secondary N) is 1. The van der Waals surface area contributed by atoms with Crippen LogP contribution < -0.4 is 5.32 Å². The first-order chi connectivity index (χ1) is 9.63. The van der Waals surface area contributed by atoms with Crippen LogP contribution in [-0.2, 0) is 4.74 Å². The molecule has 0 radical (unpaired) electrons. The van der Waals surface area contributed by atoms with Crippen LogP contribution in [0.2, 0.25) is 0 Å². The standard InChI is InChI=1S/C15H22N4O/c1-10(2)13-9-14-15(16-5-6-19(14)18-13)17-12-4-7-20-11(3)8-12/h5-6,9-12H,4,7-8H2,1-3H3,(H,16,17). The maximum absolute atomic E-state index is 5.59. The first-order valence-electron chi connectivity index (χ1n) is 7.36. The average molecular weight is 274 g/mol. The first-order valence-corrected chi connectivity index (χ1v) is 7.36. The molecule has 0 saturated carbocycles. The molecule has 5 heteroatoms. The molecule has 1 aliphatic heterocycles. The molecule has 1 N–H and O–H groups in total. The maximum atomic E-state index is 5.59.